The molecule has 0 aromatic rings. The van der Waals surface area contributed by atoms with Crippen LogP contribution in [-0.2, 0) is 28.2 Å². The summed E-state index contributed by atoms with van der Waals surface area (Å²) < 4.78 is 26.4. The normalized spacial score (nSPS) is 13.0. The fourth-order valence-electron chi connectivity index (χ4n) is 6.41. The lowest BCUT2D eigenvalue weighted by Gasteiger charge is -2.18. The van der Waals surface area contributed by atoms with Gasteiger partial charge in [0.25, 0.3) is 0 Å². The van der Waals surface area contributed by atoms with Gasteiger partial charge in [-0.25, -0.2) is 4.57 Å². The highest BCUT2D eigenvalue weighted by molar-refractivity contribution is 7.46. The molecule has 0 fully saturated rings. The molecule has 0 aliphatic carbocycles. The van der Waals surface area contributed by atoms with Crippen LogP contribution in [0.5, 0.6) is 0 Å². The highest BCUT2D eigenvalue weighted by Crippen LogP contribution is 2.36. The Labute approximate surface area is 349 Å². The van der Waals surface area contributed by atoms with Crippen molar-refractivity contribution in [2.75, 3.05) is 13.2 Å². The summed E-state index contributed by atoms with van der Waals surface area (Å²) in [6.07, 6.45) is 55.3. The summed E-state index contributed by atoms with van der Waals surface area (Å²) in [6.45, 7) is 3.55. The Balaban J connectivity index is 3.91. The second-order valence-corrected chi connectivity index (χ2v) is 16.6. The SMILES string of the molecule is CC/C=C/C/C=C/C/C=C/C/C=C/C/C=C/CCCC(=O)OC[C@H](COP(=O)(O)O)OC(=O)CCCCCCCCCCCCCCCCCCCCCCCC. The van der Waals surface area contributed by atoms with E-state index in [0.29, 0.717) is 12.8 Å². The molecule has 0 rings (SSSR count). The molecule has 9 heteroatoms. The summed E-state index contributed by atoms with van der Waals surface area (Å²) in [7, 11) is -4.77. The average Bonchev–Trinajstić information content (AvgIpc) is 3.18. The van der Waals surface area contributed by atoms with Gasteiger partial charge in [0.1, 0.15) is 6.61 Å². The van der Waals surface area contributed by atoms with Crippen molar-refractivity contribution in [1.82, 2.24) is 0 Å². The van der Waals surface area contributed by atoms with Crippen molar-refractivity contribution in [1.29, 1.82) is 0 Å². The van der Waals surface area contributed by atoms with Crippen LogP contribution in [0.2, 0.25) is 0 Å². The molecule has 0 bridgehead atoms. The van der Waals surface area contributed by atoms with Crippen molar-refractivity contribution in [3.8, 4) is 0 Å². The first-order valence-electron chi connectivity index (χ1n) is 23.1. The number of carbonyl (C=O) groups is 2. The van der Waals surface area contributed by atoms with E-state index in [1.165, 1.54) is 116 Å². The van der Waals surface area contributed by atoms with Gasteiger partial charge in [-0.3, -0.25) is 14.1 Å². The molecule has 0 spiro atoms. The molecular weight excluding hydrogens is 735 g/mol. The molecule has 0 aliphatic rings. The minimum absolute atomic E-state index is 0.188. The highest BCUT2D eigenvalue weighted by atomic mass is 31.2. The van der Waals surface area contributed by atoms with Crippen LogP contribution in [0.25, 0.3) is 0 Å². The molecule has 0 radical (unpaired) electrons. The fourth-order valence-corrected chi connectivity index (χ4v) is 6.77. The maximum atomic E-state index is 12.4. The van der Waals surface area contributed by atoms with E-state index in [1.807, 2.05) is 6.08 Å². The zero-order chi connectivity index (χ0) is 41.8. The summed E-state index contributed by atoms with van der Waals surface area (Å²) in [4.78, 5) is 42.9. The monoisotopic (exact) mass is 821 g/mol. The largest absolute Gasteiger partial charge is 0.469 e. The van der Waals surface area contributed by atoms with Crippen molar-refractivity contribution >= 4 is 19.8 Å². The van der Waals surface area contributed by atoms with E-state index in [2.05, 4.69) is 73.1 Å². The van der Waals surface area contributed by atoms with Crippen LogP contribution >= 0.6 is 7.82 Å². The predicted octanol–water partition coefficient (Wildman–Crippen LogP) is 14.5. The van der Waals surface area contributed by atoms with E-state index in [0.717, 1.165) is 57.8 Å². The first-order chi connectivity index (χ1) is 27.8. The maximum absolute atomic E-state index is 12.4. The second-order valence-electron chi connectivity index (χ2n) is 15.4. The molecule has 0 heterocycles. The van der Waals surface area contributed by atoms with Crippen LogP contribution in [0, 0.1) is 0 Å². The van der Waals surface area contributed by atoms with Crippen molar-refractivity contribution < 1.29 is 37.9 Å². The first kappa shape index (κ1) is 54.8. The zero-order valence-electron chi connectivity index (χ0n) is 36.5. The number of phosphoric ester groups is 1. The third-order valence-corrected chi connectivity index (χ3v) is 10.3. The molecular formula is C48H85O8P. The molecule has 0 amide bonds. The van der Waals surface area contributed by atoms with Crippen molar-refractivity contribution in [3.05, 3.63) is 60.8 Å². The molecule has 0 aromatic heterocycles. The number of ether oxygens (including phenoxy) is 2. The number of carbonyl (C=O) groups excluding carboxylic acids is 2. The quantitative estimate of drug-likeness (QED) is 0.0270. The second kappa shape index (κ2) is 43.3. The number of esters is 2. The van der Waals surface area contributed by atoms with Gasteiger partial charge in [-0.05, 0) is 51.4 Å². The standard InChI is InChI=1S/C48H85O8P/c1-3-5-7-9-11-13-15-17-19-21-22-23-24-25-27-29-31-33-35-37-39-41-43-48(50)56-46(45-55-57(51,52)53)44-54-47(49)42-40-38-36-34-32-30-28-26-20-18-16-14-12-10-8-6-4-2/h6,8,12,14,18,20,28,30,34,36,46H,3-5,7,9-11,13,15-17,19,21-27,29,31-33,35,37-45H2,1-2H3,(H2,51,52,53)/b8-6+,14-12+,20-18+,30-28+,36-34+/t46-/m1/s1. The number of hydrogen-bond donors (Lipinski definition) is 2. The Morgan fingerprint density at radius 3 is 1.25 bits per heavy atom. The molecule has 57 heavy (non-hydrogen) atoms. The lowest BCUT2D eigenvalue weighted by Crippen LogP contribution is -2.29. The number of phosphoric acid groups is 1. The molecule has 8 nitrogen and oxygen atoms in total. The highest BCUT2D eigenvalue weighted by Gasteiger charge is 2.22. The Morgan fingerprint density at radius 1 is 0.474 bits per heavy atom. The summed E-state index contributed by atoms with van der Waals surface area (Å²) >= 11 is 0. The first-order valence-corrected chi connectivity index (χ1v) is 24.6. The van der Waals surface area contributed by atoms with E-state index in [9.17, 15) is 14.2 Å². The van der Waals surface area contributed by atoms with Crippen LogP contribution in [0.3, 0.4) is 0 Å². The van der Waals surface area contributed by atoms with Crippen LogP contribution in [-0.4, -0.2) is 41.0 Å². The number of allylic oxidation sites excluding steroid dienone is 10. The lowest BCUT2D eigenvalue weighted by atomic mass is 10.0. The summed E-state index contributed by atoms with van der Waals surface area (Å²) in [5, 5.41) is 0. The minimum Gasteiger partial charge on any atom is -0.462 e. The molecule has 330 valence electrons. The van der Waals surface area contributed by atoms with Gasteiger partial charge < -0.3 is 19.3 Å². The van der Waals surface area contributed by atoms with Crippen LogP contribution in [0.4, 0.5) is 0 Å². The van der Waals surface area contributed by atoms with E-state index >= 15 is 0 Å². The number of rotatable bonds is 42. The molecule has 0 aromatic carbocycles. The molecule has 2 N–H and O–H groups in total. The topological polar surface area (TPSA) is 119 Å². The van der Waals surface area contributed by atoms with Gasteiger partial charge in [0.2, 0.25) is 0 Å². The third-order valence-electron chi connectivity index (χ3n) is 9.80. The van der Waals surface area contributed by atoms with Gasteiger partial charge in [-0.15, -0.1) is 0 Å². The van der Waals surface area contributed by atoms with Gasteiger partial charge in [-0.1, -0.05) is 209 Å². The molecule has 0 saturated heterocycles. The van der Waals surface area contributed by atoms with Gasteiger partial charge in [0.15, 0.2) is 6.10 Å². The lowest BCUT2D eigenvalue weighted by molar-refractivity contribution is -0.161. The molecule has 0 unspecified atom stereocenters. The Kier molecular flexibility index (Phi) is 41.6. The van der Waals surface area contributed by atoms with E-state index < -0.39 is 32.5 Å². The van der Waals surface area contributed by atoms with Crippen LogP contribution < -0.4 is 0 Å². The smallest absolute Gasteiger partial charge is 0.462 e. The third kappa shape index (κ3) is 46.3. The van der Waals surface area contributed by atoms with Gasteiger partial charge >= 0.3 is 19.8 Å². The summed E-state index contributed by atoms with van der Waals surface area (Å²) in [5.41, 5.74) is 0. The molecule has 0 aliphatic heterocycles. The van der Waals surface area contributed by atoms with Crippen molar-refractivity contribution in [2.45, 2.75) is 219 Å². The van der Waals surface area contributed by atoms with Crippen LogP contribution in [0.15, 0.2) is 60.8 Å². The predicted molar refractivity (Wildman–Crippen MR) is 239 cm³/mol. The van der Waals surface area contributed by atoms with E-state index in [1.54, 1.807) is 0 Å². The van der Waals surface area contributed by atoms with Gasteiger partial charge in [0.05, 0.1) is 6.61 Å². The maximum Gasteiger partial charge on any atom is 0.469 e. The fraction of sp³-hybridized carbons (Fsp3) is 0.750. The van der Waals surface area contributed by atoms with Crippen molar-refractivity contribution in [2.24, 2.45) is 0 Å². The minimum atomic E-state index is -4.77. The number of hydrogen-bond acceptors (Lipinski definition) is 6. The van der Waals surface area contributed by atoms with Crippen molar-refractivity contribution in [3.63, 3.8) is 0 Å². The van der Waals surface area contributed by atoms with E-state index in [4.69, 9.17) is 19.3 Å². The zero-order valence-corrected chi connectivity index (χ0v) is 37.4. The Hall–Kier alpha value is -2.25. The van der Waals surface area contributed by atoms with Gasteiger partial charge in [-0.2, -0.15) is 0 Å². The van der Waals surface area contributed by atoms with E-state index in [-0.39, 0.29) is 19.4 Å². The summed E-state index contributed by atoms with van der Waals surface area (Å²) in [6, 6.07) is 0. The Bertz CT molecular complexity index is 1110. The summed E-state index contributed by atoms with van der Waals surface area (Å²) in [5.74, 6) is -0.948. The Morgan fingerprint density at radius 2 is 0.842 bits per heavy atom. The van der Waals surface area contributed by atoms with Gasteiger partial charge in [0, 0.05) is 12.8 Å². The molecule has 0 saturated carbocycles. The average molecular weight is 821 g/mol. The number of unbranched alkanes of at least 4 members (excludes halogenated alkanes) is 22. The molecule has 1 atom stereocenters. The van der Waals surface area contributed by atoms with Crippen LogP contribution in [0.1, 0.15) is 213 Å².